The van der Waals surface area contributed by atoms with Crippen molar-refractivity contribution in [1.82, 2.24) is 15.5 Å². The van der Waals surface area contributed by atoms with Crippen molar-refractivity contribution in [2.45, 2.75) is 13.0 Å². The molecule has 0 aliphatic heterocycles. The molecular formula is C15H26N4O. The summed E-state index contributed by atoms with van der Waals surface area (Å²) in [6, 6.07) is 8.02. The zero-order chi connectivity index (χ0) is 14.8. The summed E-state index contributed by atoms with van der Waals surface area (Å²) in [5, 5.41) is 6.60. The molecule has 0 saturated carbocycles. The zero-order valence-corrected chi connectivity index (χ0v) is 12.9. The van der Waals surface area contributed by atoms with E-state index in [-0.39, 0.29) is 0 Å². The summed E-state index contributed by atoms with van der Waals surface area (Å²) >= 11 is 0. The number of ether oxygens (including phenoxy) is 1. The van der Waals surface area contributed by atoms with Gasteiger partial charge < -0.3 is 20.3 Å². The van der Waals surface area contributed by atoms with E-state index in [1.54, 1.807) is 14.2 Å². The second-order valence-electron chi connectivity index (χ2n) is 4.86. The smallest absolute Gasteiger partial charge is 0.191 e. The third kappa shape index (κ3) is 6.43. The molecule has 5 heteroatoms. The molecule has 112 valence electrons. The largest absolute Gasteiger partial charge is 0.497 e. The minimum Gasteiger partial charge on any atom is -0.497 e. The predicted molar refractivity (Wildman–Crippen MR) is 84.4 cm³/mol. The highest BCUT2D eigenvalue weighted by atomic mass is 16.5. The lowest BCUT2D eigenvalue weighted by Gasteiger charge is -2.14. The Balaban J connectivity index is 2.33. The Bertz CT molecular complexity index is 418. The molecule has 0 unspecified atom stereocenters. The second-order valence-corrected chi connectivity index (χ2v) is 4.86. The van der Waals surface area contributed by atoms with Crippen LogP contribution in [0.25, 0.3) is 0 Å². The summed E-state index contributed by atoms with van der Waals surface area (Å²) in [5.74, 6) is 1.70. The standard InChI is InChI=1S/C15H26N4O/c1-16-15(17-9-6-10-19(2)3)18-12-13-7-5-8-14(11-13)20-4/h5,7-8,11H,6,9-10,12H2,1-4H3,(H2,16,17,18). The van der Waals surface area contributed by atoms with Crippen molar-refractivity contribution in [1.29, 1.82) is 0 Å². The summed E-state index contributed by atoms with van der Waals surface area (Å²) in [6.07, 6.45) is 1.09. The van der Waals surface area contributed by atoms with Crippen molar-refractivity contribution in [2.75, 3.05) is 41.3 Å². The van der Waals surface area contributed by atoms with Crippen LogP contribution in [0.4, 0.5) is 0 Å². The van der Waals surface area contributed by atoms with Crippen LogP contribution >= 0.6 is 0 Å². The summed E-state index contributed by atoms with van der Waals surface area (Å²) in [6.45, 7) is 2.71. The van der Waals surface area contributed by atoms with E-state index in [1.165, 1.54) is 5.56 Å². The van der Waals surface area contributed by atoms with E-state index in [9.17, 15) is 0 Å². The van der Waals surface area contributed by atoms with Crippen LogP contribution in [0.15, 0.2) is 29.3 Å². The predicted octanol–water partition coefficient (Wildman–Crippen LogP) is 1.31. The van der Waals surface area contributed by atoms with Crippen LogP contribution in [0.5, 0.6) is 5.75 Å². The summed E-state index contributed by atoms with van der Waals surface area (Å²) in [7, 11) is 7.62. The fraction of sp³-hybridized carbons (Fsp3) is 0.533. The maximum atomic E-state index is 5.21. The first-order valence-electron chi connectivity index (χ1n) is 6.88. The normalized spacial score (nSPS) is 11.6. The van der Waals surface area contributed by atoms with Crippen LogP contribution in [-0.4, -0.2) is 52.2 Å². The fourth-order valence-corrected chi connectivity index (χ4v) is 1.79. The molecule has 20 heavy (non-hydrogen) atoms. The first kappa shape index (κ1) is 16.3. The molecule has 0 saturated heterocycles. The van der Waals surface area contributed by atoms with Gasteiger partial charge in [0.05, 0.1) is 7.11 Å². The van der Waals surface area contributed by atoms with Crippen molar-refractivity contribution in [3.63, 3.8) is 0 Å². The zero-order valence-electron chi connectivity index (χ0n) is 12.9. The van der Waals surface area contributed by atoms with E-state index < -0.39 is 0 Å². The third-order valence-electron chi connectivity index (χ3n) is 2.89. The lowest BCUT2D eigenvalue weighted by Crippen LogP contribution is -2.38. The Labute approximate surface area is 122 Å². The maximum absolute atomic E-state index is 5.21. The van der Waals surface area contributed by atoms with Crippen LogP contribution in [0.1, 0.15) is 12.0 Å². The summed E-state index contributed by atoms with van der Waals surface area (Å²) in [4.78, 5) is 6.39. The van der Waals surface area contributed by atoms with Gasteiger partial charge in [0.2, 0.25) is 0 Å². The van der Waals surface area contributed by atoms with Crippen LogP contribution in [0.2, 0.25) is 0 Å². The monoisotopic (exact) mass is 278 g/mol. The van der Waals surface area contributed by atoms with Gasteiger partial charge in [0, 0.05) is 20.1 Å². The molecule has 1 rings (SSSR count). The van der Waals surface area contributed by atoms with E-state index in [0.717, 1.165) is 37.8 Å². The Morgan fingerprint density at radius 2 is 2.10 bits per heavy atom. The van der Waals surface area contributed by atoms with Crippen molar-refractivity contribution in [3.8, 4) is 5.75 Å². The van der Waals surface area contributed by atoms with Crippen LogP contribution < -0.4 is 15.4 Å². The Hall–Kier alpha value is -1.75. The second kappa shape index (κ2) is 9.20. The lowest BCUT2D eigenvalue weighted by molar-refractivity contribution is 0.399. The van der Waals surface area contributed by atoms with Crippen molar-refractivity contribution in [2.24, 2.45) is 4.99 Å². The SMILES string of the molecule is CN=C(NCCCN(C)C)NCc1cccc(OC)c1. The fourth-order valence-electron chi connectivity index (χ4n) is 1.79. The minimum absolute atomic E-state index is 0.727. The van der Waals surface area contributed by atoms with Crippen molar-refractivity contribution >= 4 is 5.96 Å². The molecule has 0 aliphatic carbocycles. The maximum Gasteiger partial charge on any atom is 0.191 e. The van der Waals surface area contributed by atoms with Crippen molar-refractivity contribution < 1.29 is 4.74 Å². The van der Waals surface area contributed by atoms with E-state index in [1.807, 2.05) is 18.2 Å². The molecule has 0 fully saturated rings. The molecule has 0 amide bonds. The van der Waals surface area contributed by atoms with Gasteiger partial charge in [0.15, 0.2) is 5.96 Å². The molecule has 1 aromatic carbocycles. The summed E-state index contributed by atoms with van der Waals surface area (Å²) in [5.41, 5.74) is 1.17. The average molecular weight is 278 g/mol. The van der Waals surface area contributed by atoms with E-state index in [2.05, 4.69) is 40.7 Å². The van der Waals surface area contributed by atoms with Gasteiger partial charge in [-0.1, -0.05) is 12.1 Å². The number of benzene rings is 1. The highest BCUT2D eigenvalue weighted by Crippen LogP contribution is 2.11. The van der Waals surface area contributed by atoms with Gasteiger partial charge in [-0.2, -0.15) is 0 Å². The molecule has 2 N–H and O–H groups in total. The number of hydrogen-bond acceptors (Lipinski definition) is 3. The number of nitrogens with zero attached hydrogens (tertiary/aromatic N) is 2. The molecule has 0 atom stereocenters. The van der Waals surface area contributed by atoms with Gasteiger partial charge >= 0.3 is 0 Å². The van der Waals surface area contributed by atoms with Gasteiger partial charge in [0.25, 0.3) is 0 Å². The highest BCUT2D eigenvalue weighted by molar-refractivity contribution is 5.79. The van der Waals surface area contributed by atoms with Gasteiger partial charge in [-0.25, -0.2) is 0 Å². The van der Waals surface area contributed by atoms with E-state index in [4.69, 9.17) is 4.74 Å². The molecule has 0 radical (unpaired) electrons. The topological polar surface area (TPSA) is 48.9 Å². The number of rotatable bonds is 7. The van der Waals surface area contributed by atoms with Gasteiger partial charge in [-0.3, -0.25) is 4.99 Å². The number of hydrogen-bond donors (Lipinski definition) is 2. The average Bonchev–Trinajstić information content (AvgIpc) is 2.46. The summed E-state index contributed by atoms with van der Waals surface area (Å²) < 4.78 is 5.21. The quantitative estimate of drug-likeness (QED) is 0.448. The Morgan fingerprint density at radius 1 is 1.30 bits per heavy atom. The van der Waals surface area contributed by atoms with Crippen LogP contribution in [0.3, 0.4) is 0 Å². The van der Waals surface area contributed by atoms with Crippen LogP contribution in [-0.2, 0) is 6.54 Å². The number of guanidine groups is 1. The van der Waals surface area contributed by atoms with Gasteiger partial charge in [0.1, 0.15) is 5.75 Å². The third-order valence-corrected chi connectivity index (χ3v) is 2.89. The minimum atomic E-state index is 0.727. The first-order valence-corrected chi connectivity index (χ1v) is 6.88. The van der Waals surface area contributed by atoms with Crippen LogP contribution in [0, 0.1) is 0 Å². The number of nitrogens with one attached hydrogen (secondary N) is 2. The molecule has 0 heterocycles. The number of aliphatic imine (C=N–C) groups is 1. The van der Waals surface area contributed by atoms with E-state index in [0.29, 0.717) is 0 Å². The molecule has 0 aliphatic rings. The Morgan fingerprint density at radius 3 is 2.75 bits per heavy atom. The highest BCUT2D eigenvalue weighted by Gasteiger charge is 1.99. The van der Waals surface area contributed by atoms with Gasteiger partial charge in [-0.15, -0.1) is 0 Å². The molecule has 0 bridgehead atoms. The van der Waals surface area contributed by atoms with E-state index >= 15 is 0 Å². The Kier molecular flexibility index (Phi) is 7.50. The lowest BCUT2D eigenvalue weighted by atomic mass is 10.2. The van der Waals surface area contributed by atoms with Crippen molar-refractivity contribution in [3.05, 3.63) is 29.8 Å². The molecular weight excluding hydrogens is 252 g/mol. The first-order chi connectivity index (χ1) is 9.65. The number of methoxy groups -OCH3 is 1. The molecule has 0 aromatic heterocycles. The van der Waals surface area contributed by atoms with Gasteiger partial charge in [-0.05, 0) is 44.8 Å². The molecule has 1 aromatic rings. The molecule has 0 spiro atoms. The molecule has 5 nitrogen and oxygen atoms in total.